The van der Waals surface area contributed by atoms with Gasteiger partial charge < -0.3 is 4.98 Å². The molecule has 0 radical (unpaired) electrons. The van der Waals surface area contributed by atoms with E-state index >= 15 is 0 Å². The summed E-state index contributed by atoms with van der Waals surface area (Å²) in [6, 6.07) is 14.4. The average Bonchev–Trinajstić information content (AvgIpc) is 2.51. The number of para-hydroxylation sites is 1. The van der Waals surface area contributed by atoms with Crippen LogP contribution in [0.15, 0.2) is 53.3 Å². The zero-order valence-corrected chi connectivity index (χ0v) is 12.8. The molecule has 0 fully saturated rings. The van der Waals surface area contributed by atoms with Crippen molar-refractivity contribution in [3.05, 3.63) is 80.6 Å². The lowest BCUT2D eigenvalue weighted by molar-refractivity contribution is 0.0993. The molecule has 1 N–H and O–H groups in total. The summed E-state index contributed by atoms with van der Waals surface area (Å²) in [4.78, 5) is 27.4. The molecule has 0 amide bonds. The molecule has 2 aromatic carbocycles. The Hall–Kier alpha value is -2.39. The Morgan fingerprint density at radius 1 is 1.14 bits per heavy atom. The predicted octanol–water partition coefficient (Wildman–Crippen LogP) is 3.92. The number of aromatic amines is 1. The van der Waals surface area contributed by atoms with Gasteiger partial charge in [-0.05, 0) is 30.7 Å². The molecular weight excluding hydrogens is 298 g/mol. The molecule has 0 aliphatic rings. The third-order valence-corrected chi connectivity index (χ3v) is 4.01. The number of rotatable bonds is 3. The molecule has 0 unspecified atom stereocenters. The quantitative estimate of drug-likeness (QED) is 0.745. The SMILES string of the molecule is Cc1c(CC(=O)c2cccc(Cl)c2)c2ccccc2[nH]c1=O. The average molecular weight is 312 g/mol. The van der Waals surface area contributed by atoms with E-state index in [2.05, 4.69) is 4.98 Å². The monoisotopic (exact) mass is 311 g/mol. The van der Waals surface area contributed by atoms with Crippen LogP contribution in [0.1, 0.15) is 21.5 Å². The Morgan fingerprint density at radius 3 is 2.68 bits per heavy atom. The summed E-state index contributed by atoms with van der Waals surface area (Å²) in [5.41, 5.74) is 2.48. The van der Waals surface area contributed by atoms with Crippen LogP contribution in [-0.2, 0) is 6.42 Å². The van der Waals surface area contributed by atoms with Crippen LogP contribution in [0.5, 0.6) is 0 Å². The van der Waals surface area contributed by atoms with Crippen molar-refractivity contribution in [2.45, 2.75) is 13.3 Å². The van der Waals surface area contributed by atoms with Crippen molar-refractivity contribution >= 4 is 28.3 Å². The molecule has 3 rings (SSSR count). The minimum absolute atomic E-state index is 0.0543. The second-order valence-electron chi connectivity index (χ2n) is 5.21. The first-order chi connectivity index (χ1) is 10.6. The number of hydrogen-bond acceptors (Lipinski definition) is 2. The Labute approximate surface area is 132 Å². The number of hydrogen-bond donors (Lipinski definition) is 1. The first-order valence-corrected chi connectivity index (χ1v) is 7.33. The largest absolute Gasteiger partial charge is 0.322 e. The molecule has 4 heteroatoms. The van der Waals surface area contributed by atoms with Gasteiger partial charge in [-0.25, -0.2) is 0 Å². The number of nitrogens with one attached hydrogen (secondary N) is 1. The van der Waals surface area contributed by atoms with Crippen LogP contribution in [0.25, 0.3) is 10.9 Å². The highest BCUT2D eigenvalue weighted by molar-refractivity contribution is 6.31. The number of carbonyl (C=O) groups is 1. The molecule has 0 aliphatic heterocycles. The van der Waals surface area contributed by atoms with Gasteiger partial charge in [0.2, 0.25) is 0 Å². The maximum absolute atomic E-state index is 12.5. The summed E-state index contributed by atoms with van der Waals surface area (Å²) in [6.45, 7) is 1.74. The number of benzene rings is 2. The van der Waals surface area contributed by atoms with E-state index in [-0.39, 0.29) is 17.8 Å². The molecule has 110 valence electrons. The highest BCUT2D eigenvalue weighted by Gasteiger charge is 2.14. The first kappa shape index (κ1) is 14.5. The summed E-state index contributed by atoms with van der Waals surface area (Å²) in [5.74, 6) is -0.0543. The minimum Gasteiger partial charge on any atom is -0.322 e. The summed E-state index contributed by atoms with van der Waals surface area (Å²) < 4.78 is 0. The number of Topliss-reactive ketones (excluding diaryl/α,β-unsaturated/α-hetero) is 1. The predicted molar refractivity (Wildman–Crippen MR) is 88.8 cm³/mol. The molecule has 0 spiro atoms. The maximum atomic E-state index is 12.5. The topological polar surface area (TPSA) is 49.9 Å². The fourth-order valence-corrected chi connectivity index (χ4v) is 2.75. The van der Waals surface area contributed by atoms with Gasteiger partial charge in [-0.15, -0.1) is 0 Å². The third kappa shape index (κ3) is 2.68. The number of ketones is 1. The first-order valence-electron chi connectivity index (χ1n) is 6.95. The van der Waals surface area contributed by atoms with Gasteiger partial charge in [0.05, 0.1) is 0 Å². The van der Waals surface area contributed by atoms with Crippen molar-refractivity contribution in [2.75, 3.05) is 0 Å². The van der Waals surface area contributed by atoms with Gasteiger partial charge in [-0.1, -0.05) is 41.9 Å². The standard InChI is InChI=1S/C18H14ClNO2/c1-11-15(10-17(21)12-5-4-6-13(19)9-12)14-7-2-3-8-16(14)20-18(11)22/h2-9H,10H2,1H3,(H,20,22). The van der Waals surface area contributed by atoms with Gasteiger partial charge in [-0.2, -0.15) is 0 Å². The minimum atomic E-state index is -0.160. The van der Waals surface area contributed by atoms with Gasteiger partial charge >= 0.3 is 0 Å². The van der Waals surface area contributed by atoms with Crippen molar-refractivity contribution in [2.24, 2.45) is 0 Å². The molecule has 0 aliphatic carbocycles. The van der Waals surface area contributed by atoms with E-state index in [9.17, 15) is 9.59 Å². The lowest BCUT2D eigenvalue weighted by atomic mass is 9.96. The van der Waals surface area contributed by atoms with Gasteiger partial charge in [-0.3, -0.25) is 9.59 Å². The van der Waals surface area contributed by atoms with Gasteiger partial charge in [0.25, 0.3) is 5.56 Å². The van der Waals surface area contributed by atoms with E-state index in [0.29, 0.717) is 16.1 Å². The van der Waals surface area contributed by atoms with Crippen molar-refractivity contribution in [3.63, 3.8) is 0 Å². The van der Waals surface area contributed by atoms with E-state index in [0.717, 1.165) is 16.5 Å². The van der Waals surface area contributed by atoms with Crippen LogP contribution in [0.3, 0.4) is 0 Å². The summed E-state index contributed by atoms with van der Waals surface area (Å²) in [7, 11) is 0. The van der Waals surface area contributed by atoms with Crippen LogP contribution in [0, 0.1) is 6.92 Å². The number of halogens is 1. The second-order valence-corrected chi connectivity index (χ2v) is 5.65. The molecule has 0 saturated carbocycles. The normalized spacial score (nSPS) is 10.8. The fraction of sp³-hybridized carbons (Fsp3) is 0.111. The number of pyridine rings is 1. The van der Waals surface area contributed by atoms with E-state index in [1.807, 2.05) is 24.3 Å². The van der Waals surface area contributed by atoms with Crippen molar-refractivity contribution < 1.29 is 4.79 Å². The highest BCUT2D eigenvalue weighted by Crippen LogP contribution is 2.20. The molecule has 1 heterocycles. The Bertz CT molecular complexity index is 928. The fourth-order valence-electron chi connectivity index (χ4n) is 2.56. The summed E-state index contributed by atoms with van der Waals surface area (Å²) >= 11 is 5.94. The molecule has 3 aromatic rings. The molecule has 0 saturated heterocycles. The van der Waals surface area contributed by atoms with Gasteiger partial charge in [0, 0.05) is 33.5 Å². The van der Waals surface area contributed by atoms with E-state index in [1.165, 1.54) is 0 Å². The zero-order chi connectivity index (χ0) is 15.7. The van der Waals surface area contributed by atoms with Crippen molar-refractivity contribution in [1.82, 2.24) is 4.98 Å². The molecule has 0 atom stereocenters. The maximum Gasteiger partial charge on any atom is 0.251 e. The summed E-state index contributed by atoms with van der Waals surface area (Å²) in [5, 5.41) is 1.42. The highest BCUT2D eigenvalue weighted by atomic mass is 35.5. The van der Waals surface area contributed by atoms with Crippen molar-refractivity contribution in [3.8, 4) is 0 Å². The summed E-state index contributed by atoms with van der Waals surface area (Å²) in [6.07, 6.45) is 0.177. The lowest BCUT2D eigenvalue weighted by Gasteiger charge is -2.09. The third-order valence-electron chi connectivity index (χ3n) is 3.78. The van der Waals surface area contributed by atoms with Crippen LogP contribution < -0.4 is 5.56 Å². The van der Waals surface area contributed by atoms with Crippen LogP contribution in [0.4, 0.5) is 0 Å². The molecule has 22 heavy (non-hydrogen) atoms. The molecule has 3 nitrogen and oxygen atoms in total. The molecule has 0 bridgehead atoms. The lowest BCUT2D eigenvalue weighted by Crippen LogP contribution is -2.15. The van der Waals surface area contributed by atoms with Crippen LogP contribution >= 0.6 is 11.6 Å². The zero-order valence-electron chi connectivity index (χ0n) is 12.0. The second kappa shape index (κ2) is 5.78. The van der Waals surface area contributed by atoms with E-state index in [1.54, 1.807) is 31.2 Å². The molecule has 1 aromatic heterocycles. The number of H-pyrrole nitrogens is 1. The van der Waals surface area contributed by atoms with Gasteiger partial charge in [0.15, 0.2) is 5.78 Å². The Kier molecular flexibility index (Phi) is 3.82. The van der Waals surface area contributed by atoms with Gasteiger partial charge in [0.1, 0.15) is 0 Å². The van der Waals surface area contributed by atoms with Crippen LogP contribution in [0.2, 0.25) is 5.02 Å². The van der Waals surface area contributed by atoms with E-state index in [4.69, 9.17) is 11.6 Å². The smallest absolute Gasteiger partial charge is 0.251 e. The van der Waals surface area contributed by atoms with Crippen molar-refractivity contribution in [1.29, 1.82) is 0 Å². The van der Waals surface area contributed by atoms with Crippen LogP contribution in [-0.4, -0.2) is 10.8 Å². The molecular formula is C18H14ClNO2. The Morgan fingerprint density at radius 2 is 1.91 bits per heavy atom. The number of aromatic nitrogens is 1. The van der Waals surface area contributed by atoms with E-state index < -0.39 is 0 Å². The number of fused-ring (bicyclic) bond motifs is 1. The Balaban J connectivity index is 2.09. The number of carbonyl (C=O) groups excluding carboxylic acids is 1.